The van der Waals surface area contributed by atoms with Crippen molar-refractivity contribution in [1.82, 2.24) is 25.2 Å². The zero-order valence-electron chi connectivity index (χ0n) is 17.5. The topological polar surface area (TPSA) is 150 Å². The number of nitrogens with one attached hydrogen (secondary N) is 3. The lowest BCUT2D eigenvalue weighted by Gasteiger charge is -2.01. The van der Waals surface area contributed by atoms with Gasteiger partial charge in [0.1, 0.15) is 20.5 Å². The first-order valence-electron chi connectivity index (χ1n) is 8.55. The number of aromatic nitrogens is 4. The number of H-pyrrole nitrogens is 2. The summed E-state index contributed by atoms with van der Waals surface area (Å²) in [6, 6.07) is 0. The van der Waals surface area contributed by atoms with Crippen LogP contribution in [-0.2, 0) is 22.2 Å². The summed E-state index contributed by atoms with van der Waals surface area (Å²) in [5, 5.41) is 11.8. The summed E-state index contributed by atoms with van der Waals surface area (Å²) in [7, 11) is -3.63. The molecule has 0 spiro atoms. The number of rotatable bonds is 5. The Morgan fingerprint density at radius 2 is 1.58 bits per heavy atom. The van der Waals surface area contributed by atoms with Gasteiger partial charge < -0.3 is 30.5 Å². The van der Waals surface area contributed by atoms with Crippen LogP contribution in [0.15, 0.2) is 4.73 Å². The highest BCUT2D eigenvalue weighted by molar-refractivity contribution is 9.10. The minimum Gasteiger partial charge on any atom is -0.437 e. The maximum Gasteiger partial charge on any atom is 0.373 e. The van der Waals surface area contributed by atoms with Crippen LogP contribution in [0.25, 0.3) is 0 Å². The van der Waals surface area contributed by atoms with E-state index >= 15 is 0 Å². The van der Waals surface area contributed by atoms with Crippen molar-refractivity contribution in [2.24, 2.45) is 5.73 Å². The second-order valence-electron chi connectivity index (χ2n) is 6.66. The number of hydrogen-bond acceptors (Lipinski definition) is 7. The van der Waals surface area contributed by atoms with Crippen LogP contribution in [0.5, 0.6) is 0 Å². The number of hydrogen-bond donors (Lipinski definition) is 5. The summed E-state index contributed by atoms with van der Waals surface area (Å²) in [4.78, 5) is 14.3. The van der Waals surface area contributed by atoms with Crippen molar-refractivity contribution >= 4 is 43.5 Å². The third-order valence-corrected chi connectivity index (χ3v) is 4.81. The Morgan fingerprint density at radius 3 is 1.84 bits per heavy atom. The van der Waals surface area contributed by atoms with E-state index in [-0.39, 0.29) is 22.3 Å². The smallest absolute Gasteiger partial charge is 0.373 e. The zero-order chi connectivity index (χ0) is 22.1. The van der Waals surface area contributed by atoms with Crippen molar-refractivity contribution in [1.29, 1.82) is 0 Å². The minimum absolute atomic E-state index is 0. The molecule has 0 bridgehead atoms. The fourth-order valence-corrected chi connectivity index (χ4v) is 3.12. The average Bonchev–Trinajstić information content (AvgIpc) is 3.06. The van der Waals surface area contributed by atoms with Gasteiger partial charge >= 0.3 is 14.9 Å². The summed E-state index contributed by atoms with van der Waals surface area (Å²) in [5.41, 5.74) is 9.65. The van der Waals surface area contributed by atoms with Gasteiger partial charge in [0.05, 0.1) is 11.4 Å². The Hall–Kier alpha value is -0.825. The second kappa shape index (κ2) is 17.7. The Labute approximate surface area is 198 Å². The molecule has 0 radical (unpaired) electrons. The molecule has 31 heavy (non-hydrogen) atoms. The zero-order valence-corrected chi connectivity index (χ0v) is 20.9. The van der Waals surface area contributed by atoms with Gasteiger partial charge in [-0.3, -0.25) is 0 Å². The van der Waals surface area contributed by atoms with Gasteiger partial charge in [0.15, 0.2) is 10.3 Å². The standard InChI is InChI=1S/C7H14N3OP.C6H11BBrN3O.C2H6OP.3CH4/c1-5-6(4-8)10-7(9-5)12(2,3)11;1-4-5(3-9-7(2)12)11-6(8)10-4;1-4(2)3;;;/h4,8H2,1-3H3,(H,9,10);9,12H,3H2,1-2H3,(H,10,11);1-2H3;3*1H4/q;;+1;;;. The molecule has 0 unspecified atom stereocenters. The largest absolute Gasteiger partial charge is 0.437 e. The van der Waals surface area contributed by atoms with E-state index in [2.05, 4.69) is 41.1 Å². The Morgan fingerprint density at radius 1 is 1.13 bits per heavy atom. The molecule has 0 atom stereocenters. The highest BCUT2D eigenvalue weighted by Gasteiger charge is 2.16. The predicted octanol–water partition coefficient (Wildman–Crippen LogP) is 4.09. The van der Waals surface area contributed by atoms with Gasteiger partial charge in [0.2, 0.25) is 0 Å². The van der Waals surface area contributed by atoms with E-state index < -0.39 is 22.0 Å². The Kier molecular flexibility index (Phi) is 21.4. The van der Waals surface area contributed by atoms with E-state index in [1.165, 1.54) is 0 Å². The SMILES string of the molecule is C.C.C.CB(O)NCc1nc(Br)[nH]c1C.C[P+](C)=O.Cc1[nH]c(P(C)(C)=O)nc1CN. The Bertz CT molecular complexity index is 804. The van der Waals surface area contributed by atoms with Crippen molar-refractivity contribution in [3.63, 3.8) is 0 Å². The fraction of sp³-hybridized carbons (Fsp3) is 0.667. The molecular weight excluding hydrogens is 501 g/mol. The molecule has 6 N–H and O–H groups in total. The van der Waals surface area contributed by atoms with Gasteiger partial charge in [-0.1, -0.05) is 26.8 Å². The summed E-state index contributed by atoms with van der Waals surface area (Å²) in [6.07, 6.45) is 0. The molecule has 9 nitrogen and oxygen atoms in total. The van der Waals surface area contributed by atoms with Crippen LogP contribution in [0.2, 0.25) is 6.82 Å². The van der Waals surface area contributed by atoms with E-state index in [4.69, 9.17) is 10.8 Å². The van der Waals surface area contributed by atoms with E-state index in [0.717, 1.165) is 27.5 Å². The number of aromatic amines is 2. The third-order valence-electron chi connectivity index (χ3n) is 3.20. The van der Waals surface area contributed by atoms with Crippen LogP contribution in [0.1, 0.15) is 45.1 Å². The van der Waals surface area contributed by atoms with Crippen molar-refractivity contribution in [2.45, 2.75) is 56.0 Å². The first-order chi connectivity index (χ1) is 12.8. The monoisotopic (exact) mass is 543 g/mol. The first-order valence-corrected chi connectivity index (χ1v) is 14.1. The van der Waals surface area contributed by atoms with Crippen LogP contribution < -0.4 is 16.5 Å². The average molecular weight is 544 g/mol. The molecule has 0 saturated heterocycles. The molecule has 0 aliphatic rings. The normalized spacial score (nSPS) is 9.48. The lowest BCUT2D eigenvalue weighted by atomic mass is 9.89. The van der Waals surface area contributed by atoms with Crippen molar-refractivity contribution in [2.75, 3.05) is 26.7 Å². The highest BCUT2D eigenvalue weighted by Crippen LogP contribution is 2.32. The van der Waals surface area contributed by atoms with Gasteiger partial charge in [-0.05, 0) is 49.9 Å². The highest BCUT2D eigenvalue weighted by atomic mass is 79.9. The molecular formula is C18H43BBrN6O3P2+. The molecule has 2 rings (SSSR count). The summed E-state index contributed by atoms with van der Waals surface area (Å²) in [6.45, 7) is 13.2. The van der Waals surface area contributed by atoms with Crippen LogP contribution in [0.4, 0.5) is 0 Å². The van der Waals surface area contributed by atoms with Crippen LogP contribution >= 0.6 is 30.9 Å². The molecule has 0 aliphatic carbocycles. The predicted molar refractivity (Wildman–Crippen MR) is 142 cm³/mol. The molecule has 0 fully saturated rings. The van der Waals surface area contributed by atoms with E-state index in [0.29, 0.717) is 18.7 Å². The van der Waals surface area contributed by atoms with E-state index in [9.17, 15) is 9.13 Å². The summed E-state index contributed by atoms with van der Waals surface area (Å²) in [5.74, 6) is 0. The molecule has 0 aromatic carbocycles. The molecule has 2 aromatic heterocycles. The molecule has 182 valence electrons. The number of nitrogens with two attached hydrogens (primary N) is 1. The van der Waals surface area contributed by atoms with Crippen molar-refractivity contribution in [3.05, 3.63) is 27.5 Å². The fourth-order valence-electron chi connectivity index (χ4n) is 1.81. The van der Waals surface area contributed by atoms with Crippen molar-refractivity contribution in [3.8, 4) is 0 Å². The summed E-state index contributed by atoms with van der Waals surface area (Å²) >= 11 is 3.23. The molecule has 0 saturated carbocycles. The van der Waals surface area contributed by atoms with Gasteiger partial charge in [0.25, 0.3) is 0 Å². The van der Waals surface area contributed by atoms with E-state index in [1.54, 1.807) is 33.5 Å². The Balaban J connectivity index is -0.000000186. The molecule has 0 aliphatic heterocycles. The molecule has 2 aromatic rings. The van der Waals surface area contributed by atoms with Gasteiger partial charge in [-0.25, -0.2) is 9.97 Å². The number of aryl methyl sites for hydroxylation is 2. The quantitative estimate of drug-likeness (QED) is 0.281. The molecule has 0 amide bonds. The minimum atomic E-state index is -2.26. The van der Waals surface area contributed by atoms with Crippen molar-refractivity contribution < 1.29 is 14.2 Å². The number of halogens is 1. The lowest BCUT2D eigenvalue weighted by Crippen LogP contribution is -2.30. The van der Waals surface area contributed by atoms with Crippen LogP contribution in [0.3, 0.4) is 0 Å². The maximum absolute atomic E-state index is 11.6. The second-order valence-corrected chi connectivity index (χ2v) is 12.2. The first kappa shape index (κ1) is 37.5. The number of nitrogens with zero attached hydrogens (tertiary/aromatic N) is 2. The van der Waals surface area contributed by atoms with Crippen LogP contribution in [0, 0.1) is 13.8 Å². The van der Waals surface area contributed by atoms with Gasteiger partial charge in [-0.15, -0.1) is 0 Å². The molecule has 2 heterocycles. The van der Waals surface area contributed by atoms with E-state index in [1.807, 2.05) is 13.8 Å². The lowest BCUT2D eigenvalue weighted by molar-refractivity contribution is 0.552. The summed E-state index contributed by atoms with van der Waals surface area (Å²) < 4.78 is 21.9. The third kappa shape index (κ3) is 16.5. The van der Waals surface area contributed by atoms with Crippen LogP contribution in [-0.4, -0.2) is 58.7 Å². The maximum atomic E-state index is 11.6. The van der Waals surface area contributed by atoms with Gasteiger partial charge in [-0.2, -0.15) is 0 Å². The number of imidazole rings is 2. The van der Waals surface area contributed by atoms with Gasteiger partial charge in [0, 0.05) is 24.5 Å². The molecule has 13 heteroatoms.